The molecule has 3 aromatic rings. The number of nitrogens with zero attached hydrogens (tertiary/aromatic N) is 1. The van der Waals surface area contributed by atoms with Crippen molar-refractivity contribution in [1.82, 2.24) is 10.2 Å². The zero-order valence-corrected chi connectivity index (χ0v) is 22.7. The van der Waals surface area contributed by atoms with E-state index in [1.54, 1.807) is 0 Å². The summed E-state index contributed by atoms with van der Waals surface area (Å²) in [4.78, 5) is 13.8. The van der Waals surface area contributed by atoms with Crippen molar-refractivity contribution in [2.24, 2.45) is 5.92 Å². The van der Waals surface area contributed by atoms with Gasteiger partial charge in [0.25, 0.3) is 0 Å². The first-order valence-corrected chi connectivity index (χ1v) is 13.7. The second kappa shape index (κ2) is 12.9. The molecule has 2 saturated heterocycles. The van der Waals surface area contributed by atoms with Gasteiger partial charge in [-0.15, -0.1) is 0 Å². The lowest BCUT2D eigenvalue weighted by Crippen LogP contribution is -2.47. The zero-order chi connectivity index (χ0) is 27.2. The highest BCUT2D eigenvalue weighted by atomic mass is 16.7. The van der Waals surface area contributed by atoms with E-state index in [9.17, 15) is 9.90 Å². The van der Waals surface area contributed by atoms with Crippen molar-refractivity contribution in [2.75, 3.05) is 32.8 Å². The van der Waals surface area contributed by atoms with Gasteiger partial charge in [0.2, 0.25) is 5.91 Å². The van der Waals surface area contributed by atoms with Crippen LogP contribution in [0.4, 0.5) is 0 Å². The van der Waals surface area contributed by atoms with E-state index in [0.717, 1.165) is 66.2 Å². The average Bonchev–Trinajstić information content (AvgIpc) is 2.98. The molecule has 7 heteroatoms. The molecule has 3 aromatic carbocycles. The Morgan fingerprint density at radius 2 is 1.64 bits per heavy atom. The molecule has 1 amide bonds. The molecule has 0 saturated carbocycles. The molecule has 2 N–H and O–H groups in total. The van der Waals surface area contributed by atoms with Crippen molar-refractivity contribution in [3.63, 3.8) is 0 Å². The molecule has 39 heavy (non-hydrogen) atoms. The molecule has 2 aliphatic heterocycles. The smallest absolute Gasteiger partial charge is 0.217 e. The third-order valence-corrected chi connectivity index (χ3v) is 7.63. The standard InChI is InChI=1S/C32H38N2O5/c1-22-30(20-34-13-15-37-16-14-34)38-32(39-31(22)26-11-9-24(21-35)10-12-26)29-8-4-7-28(18-29)27-6-3-5-25(17-27)19-33-23(2)36/h3-12,17-18,22,30-32,35H,13-16,19-21H2,1-2H3,(H,33,36). The number of carbonyl (C=O) groups excluding carboxylic acids is 1. The Morgan fingerprint density at radius 1 is 0.923 bits per heavy atom. The predicted octanol–water partition coefficient (Wildman–Crippen LogP) is 4.61. The lowest BCUT2D eigenvalue weighted by molar-refractivity contribution is -0.277. The number of benzene rings is 3. The highest BCUT2D eigenvalue weighted by Gasteiger charge is 2.39. The Balaban J connectivity index is 1.41. The van der Waals surface area contributed by atoms with Crippen LogP contribution in [0, 0.1) is 5.92 Å². The van der Waals surface area contributed by atoms with E-state index >= 15 is 0 Å². The van der Waals surface area contributed by atoms with E-state index in [4.69, 9.17) is 14.2 Å². The van der Waals surface area contributed by atoms with Gasteiger partial charge in [-0.25, -0.2) is 0 Å². The van der Waals surface area contributed by atoms with Crippen LogP contribution < -0.4 is 5.32 Å². The number of ether oxygens (including phenoxy) is 3. The summed E-state index contributed by atoms with van der Waals surface area (Å²) in [7, 11) is 0. The van der Waals surface area contributed by atoms with Gasteiger partial charge in [-0.1, -0.05) is 67.6 Å². The van der Waals surface area contributed by atoms with Crippen molar-refractivity contribution in [3.8, 4) is 11.1 Å². The van der Waals surface area contributed by atoms with Gasteiger partial charge in [-0.2, -0.15) is 0 Å². The Labute approximate surface area is 230 Å². The first kappa shape index (κ1) is 27.5. The summed E-state index contributed by atoms with van der Waals surface area (Å²) < 4.78 is 18.9. The molecule has 2 fully saturated rings. The van der Waals surface area contributed by atoms with Crippen LogP contribution in [0.15, 0.2) is 72.8 Å². The summed E-state index contributed by atoms with van der Waals surface area (Å²) in [5, 5.41) is 12.4. The highest BCUT2D eigenvalue weighted by Crippen LogP contribution is 2.42. The van der Waals surface area contributed by atoms with Gasteiger partial charge in [0.1, 0.15) is 0 Å². The Morgan fingerprint density at radius 3 is 2.36 bits per heavy atom. The van der Waals surface area contributed by atoms with Crippen molar-refractivity contribution >= 4 is 5.91 Å². The molecule has 5 rings (SSSR count). The van der Waals surface area contributed by atoms with Gasteiger partial charge in [-0.3, -0.25) is 9.69 Å². The molecule has 0 aromatic heterocycles. The predicted molar refractivity (Wildman–Crippen MR) is 150 cm³/mol. The van der Waals surface area contributed by atoms with Gasteiger partial charge >= 0.3 is 0 Å². The van der Waals surface area contributed by atoms with Gasteiger partial charge in [-0.05, 0) is 39.9 Å². The van der Waals surface area contributed by atoms with Crippen LogP contribution in [0.2, 0.25) is 0 Å². The minimum Gasteiger partial charge on any atom is -0.392 e. The molecule has 2 aliphatic rings. The number of aliphatic hydroxyl groups is 1. The summed E-state index contributed by atoms with van der Waals surface area (Å²) in [5.74, 6) is 0.0909. The maximum absolute atomic E-state index is 11.4. The lowest BCUT2D eigenvalue weighted by atomic mass is 9.89. The summed E-state index contributed by atoms with van der Waals surface area (Å²) in [5.41, 5.74) is 6.12. The molecule has 4 unspecified atom stereocenters. The van der Waals surface area contributed by atoms with Crippen molar-refractivity contribution < 1.29 is 24.1 Å². The first-order chi connectivity index (χ1) is 19.0. The van der Waals surface area contributed by atoms with E-state index in [2.05, 4.69) is 59.6 Å². The minimum atomic E-state index is -0.516. The summed E-state index contributed by atoms with van der Waals surface area (Å²) in [6, 6.07) is 24.6. The van der Waals surface area contributed by atoms with Crippen LogP contribution in [0.1, 0.15) is 48.5 Å². The number of hydrogen-bond donors (Lipinski definition) is 2. The van der Waals surface area contributed by atoms with E-state index in [0.29, 0.717) is 6.54 Å². The van der Waals surface area contributed by atoms with Crippen LogP contribution in [0.25, 0.3) is 11.1 Å². The van der Waals surface area contributed by atoms with E-state index in [-0.39, 0.29) is 30.6 Å². The summed E-state index contributed by atoms with van der Waals surface area (Å²) in [6.07, 6.45) is -0.682. The van der Waals surface area contributed by atoms with Crippen LogP contribution in [-0.2, 0) is 32.2 Å². The van der Waals surface area contributed by atoms with E-state index in [1.807, 2.05) is 30.3 Å². The highest BCUT2D eigenvalue weighted by molar-refractivity contribution is 5.73. The molecule has 2 heterocycles. The molecular formula is C32H38N2O5. The summed E-state index contributed by atoms with van der Waals surface area (Å²) >= 11 is 0. The largest absolute Gasteiger partial charge is 0.392 e. The normalized spacial score (nSPS) is 23.9. The number of morpholine rings is 1. The minimum absolute atomic E-state index is 0.0194. The topological polar surface area (TPSA) is 80.3 Å². The zero-order valence-electron chi connectivity index (χ0n) is 22.7. The van der Waals surface area contributed by atoms with Crippen LogP contribution in [0.3, 0.4) is 0 Å². The first-order valence-electron chi connectivity index (χ1n) is 13.7. The van der Waals surface area contributed by atoms with Gasteiger partial charge in [0.15, 0.2) is 6.29 Å². The molecule has 0 aliphatic carbocycles. The molecule has 4 atom stereocenters. The number of aliphatic hydroxyl groups excluding tert-OH is 1. The molecule has 0 bridgehead atoms. The van der Waals surface area contributed by atoms with Gasteiger partial charge in [0, 0.05) is 44.6 Å². The van der Waals surface area contributed by atoms with Crippen molar-refractivity contribution in [1.29, 1.82) is 0 Å². The van der Waals surface area contributed by atoms with E-state index < -0.39 is 6.29 Å². The van der Waals surface area contributed by atoms with Gasteiger partial charge in [0.05, 0.1) is 32.0 Å². The maximum atomic E-state index is 11.4. The fraction of sp³-hybridized carbons (Fsp3) is 0.406. The molecular weight excluding hydrogens is 492 g/mol. The Hall–Kier alpha value is -3.07. The maximum Gasteiger partial charge on any atom is 0.217 e. The van der Waals surface area contributed by atoms with Crippen LogP contribution in [-0.4, -0.2) is 54.9 Å². The number of hydrogen-bond acceptors (Lipinski definition) is 6. The molecule has 0 radical (unpaired) electrons. The second-order valence-corrected chi connectivity index (χ2v) is 10.5. The second-order valence-electron chi connectivity index (χ2n) is 10.5. The van der Waals surface area contributed by atoms with Crippen LogP contribution >= 0.6 is 0 Å². The quantitative estimate of drug-likeness (QED) is 0.443. The fourth-order valence-electron chi connectivity index (χ4n) is 5.32. The fourth-order valence-corrected chi connectivity index (χ4v) is 5.32. The molecule has 7 nitrogen and oxygen atoms in total. The Kier molecular flexibility index (Phi) is 9.06. The number of rotatable bonds is 8. The Bertz CT molecular complexity index is 1240. The lowest BCUT2D eigenvalue weighted by Gasteiger charge is -2.43. The molecule has 206 valence electrons. The van der Waals surface area contributed by atoms with E-state index in [1.165, 1.54) is 6.92 Å². The third-order valence-electron chi connectivity index (χ3n) is 7.63. The SMILES string of the molecule is CC(=O)NCc1cccc(-c2cccc(C3OC(CN4CCOCC4)C(C)C(c4ccc(CO)cc4)O3)c2)c1. The monoisotopic (exact) mass is 530 g/mol. The van der Waals surface area contributed by atoms with Gasteiger partial charge < -0.3 is 24.6 Å². The number of amides is 1. The average molecular weight is 531 g/mol. The number of nitrogens with one attached hydrogen (secondary N) is 1. The summed E-state index contributed by atoms with van der Waals surface area (Å²) in [6.45, 7) is 8.35. The van der Waals surface area contributed by atoms with Crippen molar-refractivity contribution in [3.05, 3.63) is 95.1 Å². The number of carbonyl (C=O) groups is 1. The van der Waals surface area contributed by atoms with Crippen molar-refractivity contribution in [2.45, 2.75) is 45.5 Å². The molecule has 0 spiro atoms. The van der Waals surface area contributed by atoms with Crippen LogP contribution in [0.5, 0.6) is 0 Å². The third kappa shape index (κ3) is 6.93.